The van der Waals surface area contributed by atoms with Crippen LogP contribution in [0.2, 0.25) is 0 Å². The summed E-state index contributed by atoms with van der Waals surface area (Å²) in [6.45, 7) is 8.45. The molecule has 1 aromatic rings. The van der Waals surface area contributed by atoms with Crippen LogP contribution in [0.15, 0.2) is 24.3 Å². The van der Waals surface area contributed by atoms with Crippen LogP contribution in [0.25, 0.3) is 0 Å². The van der Waals surface area contributed by atoms with Crippen molar-refractivity contribution < 1.29 is 9.47 Å². The predicted molar refractivity (Wildman–Crippen MR) is 75.0 cm³/mol. The van der Waals surface area contributed by atoms with Crippen molar-refractivity contribution in [2.45, 2.75) is 32.9 Å². The molecule has 0 heterocycles. The summed E-state index contributed by atoms with van der Waals surface area (Å²) in [5, 5.41) is 11.8. The van der Waals surface area contributed by atoms with E-state index in [-0.39, 0.29) is 12.2 Å². The fourth-order valence-corrected chi connectivity index (χ4v) is 1.81. The highest BCUT2D eigenvalue weighted by Crippen LogP contribution is 2.13. The Labute approximate surface area is 115 Å². The molecule has 0 unspecified atom stereocenters. The van der Waals surface area contributed by atoms with Gasteiger partial charge in [-0.05, 0) is 38.5 Å². The minimum atomic E-state index is -0.163. The van der Waals surface area contributed by atoms with E-state index in [4.69, 9.17) is 14.7 Å². The van der Waals surface area contributed by atoms with Gasteiger partial charge in [-0.1, -0.05) is 12.1 Å². The SMILES string of the molecule is CCOC(C)(C)CNCc1cccc(OCC#N)c1. The highest BCUT2D eigenvalue weighted by atomic mass is 16.5. The molecular formula is C15H22N2O2. The third kappa shape index (κ3) is 6.23. The lowest BCUT2D eigenvalue weighted by Gasteiger charge is -2.25. The molecule has 1 N–H and O–H groups in total. The van der Waals surface area contributed by atoms with Gasteiger partial charge in [-0.25, -0.2) is 0 Å². The summed E-state index contributed by atoms with van der Waals surface area (Å²) in [4.78, 5) is 0. The maximum Gasteiger partial charge on any atom is 0.174 e. The zero-order valence-electron chi connectivity index (χ0n) is 11.9. The van der Waals surface area contributed by atoms with Crippen LogP contribution in [-0.2, 0) is 11.3 Å². The zero-order chi connectivity index (χ0) is 14.1. The van der Waals surface area contributed by atoms with Crippen LogP contribution in [0.5, 0.6) is 5.75 Å². The molecule has 1 rings (SSSR count). The van der Waals surface area contributed by atoms with Crippen molar-refractivity contribution in [2.24, 2.45) is 0 Å². The van der Waals surface area contributed by atoms with Gasteiger partial charge in [-0.2, -0.15) is 5.26 Å². The molecule has 0 aliphatic rings. The monoisotopic (exact) mass is 262 g/mol. The molecule has 0 radical (unpaired) electrons. The summed E-state index contributed by atoms with van der Waals surface area (Å²) in [5.41, 5.74) is 0.965. The molecule has 19 heavy (non-hydrogen) atoms. The van der Waals surface area contributed by atoms with Crippen LogP contribution in [0, 0.1) is 11.3 Å². The van der Waals surface area contributed by atoms with Crippen molar-refractivity contribution in [3.8, 4) is 11.8 Å². The quantitative estimate of drug-likeness (QED) is 0.782. The number of hydrogen-bond acceptors (Lipinski definition) is 4. The average Bonchev–Trinajstić information content (AvgIpc) is 2.36. The Kier molecular flexibility index (Phi) is 6.34. The van der Waals surface area contributed by atoms with Gasteiger partial charge in [-0.15, -0.1) is 0 Å². The molecule has 0 bridgehead atoms. The van der Waals surface area contributed by atoms with Crippen molar-refractivity contribution in [1.82, 2.24) is 5.32 Å². The number of rotatable bonds is 8. The third-order valence-electron chi connectivity index (χ3n) is 2.62. The Bertz CT molecular complexity index is 424. The standard InChI is InChI=1S/C15H22N2O2/c1-4-19-15(2,3)12-17-11-13-6-5-7-14(10-13)18-9-8-16/h5-7,10,17H,4,9,11-12H2,1-3H3. The number of hydrogen-bond donors (Lipinski definition) is 1. The van der Waals surface area contributed by atoms with Gasteiger partial charge >= 0.3 is 0 Å². The second-order valence-corrected chi connectivity index (χ2v) is 4.89. The first-order valence-corrected chi connectivity index (χ1v) is 6.51. The van der Waals surface area contributed by atoms with Crippen molar-refractivity contribution in [1.29, 1.82) is 5.26 Å². The van der Waals surface area contributed by atoms with E-state index in [1.165, 1.54) is 0 Å². The lowest BCUT2D eigenvalue weighted by molar-refractivity contribution is -0.00897. The second-order valence-electron chi connectivity index (χ2n) is 4.89. The molecule has 4 nitrogen and oxygen atoms in total. The van der Waals surface area contributed by atoms with E-state index in [9.17, 15) is 0 Å². The van der Waals surface area contributed by atoms with Gasteiger partial charge in [-0.3, -0.25) is 0 Å². The van der Waals surface area contributed by atoms with E-state index >= 15 is 0 Å². The second kappa shape index (κ2) is 7.78. The molecule has 0 amide bonds. The van der Waals surface area contributed by atoms with E-state index in [1.54, 1.807) is 0 Å². The Hall–Kier alpha value is -1.57. The Balaban J connectivity index is 2.43. The molecule has 104 valence electrons. The summed E-state index contributed by atoms with van der Waals surface area (Å²) >= 11 is 0. The van der Waals surface area contributed by atoms with Crippen LogP contribution < -0.4 is 10.1 Å². The van der Waals surface area contributed by atoms with E-state index in [1.807, 2.05) is 37.3 Å². The van der Waals surface area contributed by atoms with E-state index in [0.29, 0.717) is 6.61 Å². The Morgan fingerprint density at radius 2 is 2.16 bits per heavy atom. The minimum absolute atomic E-state index is 0.0776. The highest BCUT2D eigenvalue weighted by Gasteiger charge is 2.16. The summed E-state index contributed by atoms with van der Waals surface area (Å²) in [7, 11) is 0. The first-order chi connectivity index (χ1) is 9.07. The Morgan fingerprint density at radius 1 is 1.37 bits per heavy atom. The number of ether oxygens (including phenoxy) is 2. The lowest BCUT2D eigenvalue weighted by atomic mass is 10.1. The summed E-state index contributed by atoms with van der Waals surface area (Å²) in [5.74, 6) is 0.727. The molecule has 0 saturated heterocycles. The number of nitrogens with zero attached hydrogens (tertiary/aromatic N) is 1. The van der Waals surface area contributed by atoms with Crippen LogP contribution >= 0.6 is 0 Å². The van der Waals surface area contributed by atoms with Gasteiger partial charge in [0.15, 0.2) is 6.61 Å². The number of nitrogens with one attached hydrogen (secondary N) is 1. The largest absolute Gasteiger partial charge is 0.479 e. The molecule has 1 aromatic carbocycles. The van der Waals surface area contributed by atoms with Gasteiger partial charge in [0.2, 0.25) is 0 Å². The van der Waals surface area contributed by atoms with Crippen LogP contribution in [0.4, 0.5) is 0 Å². The van der Waals surface area contributed by atoms with Gasteiger partial charge in [0.25, 0.3) is 0 Å². The van der Waals surface area contributed by atoms with Crippen molar-refractivity contribution in [3.05, 3.63) is 29.8 Å². The van der Waals surface area contributed by atoms with Crippen LogP contribution in [-0.4, -0.2) is 25.4 Å². The maximum atomic E-state index is 8.48. The van der Waals surface area contributed by atoms with Crippen LogP contribution in [0.3, 0.4) is 0 Å². The third-order valence-corrected chi connectivity index (χ3v) is 2.62. The lowest BCUT2D eigenvalue weighted by Crippen LogP contribution is -2.37. The first kappa shape index (κ1) is 15.5. The fraction of sp³-hybridized carbons (Fsp3) is 0.533. The summed E-state index contributed by atoms with van der Waals surface area (Å²) < 4.78 is 10.9. The fourth-order valence-electron chi connectivity index (χ4n) is 1.81. The molecule has 4 heteroatoms. The first-order valence-electron chi connectivity index (χ1n) is 6.51. The van der Waals surface area contributed by atoms with Crippen LogP contribution in [0.1, 0.15) is 26.3 Å². The topological polar surface area (TPSA) is 54.3 Å². The van der Waals surface area contributed by atoms with Gasteiger partial charge in [0.05, 0.1) is 5.60 Å². The minimum Gasteiger partial charge on any atom is -0.479 e. The Morgan fingerprint density at radius 3 is 2.84 bits per heavy atom. The van der Waals surface area contributed by atoms with Gasteiger partial charge in [0.1, 0.15) is 11.8 Å². The van der Waals surface area contributed by atoms with Crippen molar-refractivity contribution >= 4 is 0 Å². The molecule has 0 aliphatic carbocycles. The molecule has 0 saturated carbocycles. The smallest absolute Gasteiger partial charge is 0.174 e. The van der Waals surface area contributed by atoms with E-state index in [0.717, 1.165) is 24.4 Å². The maximum absolute atomic E-state index is 8.48. The number of nitriles is 1. The summed E-state index contributed by atoms with van der Waals surface area (Å²) in [6, 6.07) is 9.71. The van der Waals surface area contributed by atoms with E-state index in [2.05, 4.69) is 19.2 Å². The normalized spacial score (nSPS) is 11.1. The molecular weight excluding hydrogens is 240 g/mol. The number of benzene rings is 1. The molecule has 0 atom stereocenters. The molecule has 0 spiro atoms. The molecule has 0 aromatic heterocycles. The zero-order valence-corrected chi connectivity index (χ0v) is 11.9. The summed E-state index contributed by atoms with van der Waals surface area (Å²) in [6.07, 6.45) is 0. The van der Waals surface area contributed by atoms with E-state index < -0.39 is 0 Å². The molecule has 0 aliphatic heterocycles. The van der Waals surface area contributed by atoms with Gasteiger partial charge in [0, 0.05) is 19.7 Å². The predicted octanol–water partition coefficient (Wildman–Crippen LogP) is 2.49. The van der Waals surface area contributed by atoms with Crippen molar-refractivity contribution in [3.63, 3.8) is 0 Å². The van der Waals surface area contributed by atoms with Crippen molar-refractivity contribution in [2.75, 3.05) is 19.8 Å². The highest BCUT2D eigenvalue weighted by molar-refractivity contribution is 5.28. The molecule has 0 fully saturated rings. The average molecular weight is 262 g/mol. The van der Waals surface area contributed by atoms with Gasteiger partial charge < -0.3 is 14.8 Å².